The molecule has 0 atom stereocenters. The lowest BCUT2D eigenvalue weighted by atomic mass is 10.2. The Morgan fingerprint density at radius 3 is 2.59 bits per heavy atom. The Morgan fingerprint density at radius 1 is 1.14 bits per heavy atom. The van der Waals surface area contributed by atoms with Crippen LogP contribution in [0.5, 0.6) is 11.5 Å². The van der Waals surface area contributed by atoms with Crippen LogP contribution in [0.25, 0.3) is 0 Å². The molecule has 0 spiro atoms. The monoisotopic (exact) mass is 415 g/mol. The van der Waals surface area contributed by atoms with E-state index in [-0.39, 0.29) is 29.5 Å². The van der Waals surface area contributed by atoms with Crippen LogP contribution in [-0.4, -0.2) is 48.1 Å². The van der Waals surface area contributed by atoms with Gasteiger partial charge in [-0.3, -0.25) is 14.5 Å². The smallest absolute Gasteiger partial charge is 0.319 e. The van der Waals surface area contributed by atoms with E-state index in [0.717, 1.165) is 17.3 Å². The summed E-state index contributed by atoms with van der Waals surface area (Å²) >= 11 is 1.01. The highest BCUT2D eigenvalue weighted by Gasteiger charge is 2.29. The average molecular weight is 415 g/mol. The summed E-state index contributed by atoms with van der Waals surface area (Å²) in [5.74, 6) is 1.38. The van der Waals surface area contributed by atoms with E-state index in [4.69, 9.17) is 9.47 Å². The van der Waals surface area contributed by atoms with E-state index >= 15 is 0 Å². The number of methoxy groups -OCH3 is 1. The minimum Gasteiger partial charge on any atom is -0.497 e. The Balaban J connectivity index is 1.40. The third-order valence-electron chi connectivity index (χ3n) is 4.09. The Hall–Kier alpha value is -3.20. The number of thioether (sulfide) groups is 1. The second kappa shape index (κ2) is 9.83. The molecule has 0 aliphatic carbocycles. The molecule has 29 heavy (non-hydrogen) atoms. The fourth-order valence-corrected chi connectivity index (χ4v) is 3.33. The number of nitrogens with zero attached hydrogens (tertiary/aromatic N) is 1. The van der Waals surface area contributed by atoms with Gasteiger partial charge in [-0.1, -0.05) is 30.0 Å². The van der Waals surface area contributed by atoms with Crippen LogP contribution >= 0.6 is 11.8 Å². The first-order chi connectivity index (χ1) is 14.0. The van der Waals surface area contributed by atoms with E-state index in [1.54, 1.807) is 37.4 Å². The molecule has 1 saturated heterocycles. The highest BCUT2D eigenvalue weighted by atomic mass is 32.2. The molecule has 1 fully saturated rings. The molecule has 4 amide bonds. The van der Waals surface area contributed by atoms with Crippen molar-refractivity contribution in [3.8, 4) is 11.5 Å². The van der Waals surface area contributed by atoms with Crippen LogP contribution < -0.4 is 20.1 Å². The second-order valence-electron chi connectivity index (χ2n) is 6.14. The Bertz CT molecular complexity index is 872. The van der Waals surface area contributed by atoms with Crippen LogP contribution in [-0.2, 0) is 11.3 Å². The maximum Gasteiger partial charge on any atom is 0.319 e. The predicted octanol–water partition coefficient (Wildman–Crippen LogP) is 3.09. The zero-order valence-electron chi connectivity index (χ0n) is 15.8. The quantitative estimate of drug-likeness (QED) is 0.643. The zero-order valence-corrected chi connectivity index (χ0v) is 16.7. The van der Waals surface area contributed by atoms with Gasteiger partial charge in [0.15, 0.2) is 0 Å². The van der Waals surface area contributed by atoms with Gasteiger partial charge in [0.1, 0.15) is 18.1 Å². The van der Waals surface area contributed by atoms with Crippen molar-refractivity contribution < 1.29 is 23.9 Å². The fraction of sp³-hybridized carbons (Fsp3) is 0.250. The van der Waals surface area contributed by atoms with Gasteiger partial charge < -0.3 is 20.1 Å². The van der Waals surface area contributed by atoms with Gasteiger partial charge in [0.25, 0.3) is 5.24 Å². The number of rotatable bonds is 8. The third kappa shape index (κ3) is 5.89. The summed E-state index contributed by atoms with van der Waals surface area (Å²) in [6, 6.07) is 13.9. The number of hydrogen-bond donors (Lipinski definition) is 2. The number of carbonyl (C=O) groups is 3. The van der Waals surface area contributed by atoms with Gasteiger partial charge >= 0.3 is 6.03 Å². The lowest BCUT2D eigenvalue weighted by Crippen LogP contribution is -2.32. The molecule has 2 aromatic rings. The van der Waals surface area contributed by atoms with Gasteiger partial charge in [0.05, 0.1) is 26.0 Å². The topological polar surface area (TPSA) is 97.0 Å². The number of urea groups is 1. The van der Waals surface area contributed by atoms with Gasteiger partial charge in [0, 0.05) is 11.8 Å². The van der Waals surface area contributed by atoms with Crippen molar-refractivity contribution in [2.45, 2.75) is 6.54 Å². The third-order valence-corrected chi connectivity index (χ3v) is 4.95. The molecule has 1 aliphatic rings. The SMILES string of the molecule is COc1cccc(OCCNC(=O)Nc2ccc(CN3C(=O)CSC3=O)cc2)c1. The number of benzene rings is 2. The largest absolute Gasteiger partial charge is 0.497 e. The van der Waals surface area contributed by atoms with E-state index in [1.807, 2.05) is 18.2 Å². The first-order valence-corrected chi connectivity index (χ1v) is 9.91. The molecule has 0 radical (unpaired) electrons. The molecule has 2 aromatic carbocycles. The zero-order chi connectivity index (χ0) is 20.6. The molecule has 0 saturated carbocycles. The summed E-state index contributed by atoms with van der Waals surface area (Å²) in [7, 11) is 1.59. The molecule has 0 bridgehead atoms. The van der Waals surface area contributed by atoms with E-state index in [2.05, 4.69) is 10.6 Å². The maximum absolute atomic E-state index is 12.0. The number of amides is 4. The van der Waals surface area contributed by atoms with Crippen LogP contribution in [0.1, 0.15) is 5.56 Å². The van der Waals surface area contributed by atoms with Gasteiger partial charge in [-0.05, 0) is 29.8 Å². The molecular formula is C20H21N3O5S. The van der Waals surface area contributed by atoms with Crippen LogP contribution in [0, 0.1) is 0 Å². The Kier molecular flexibility index (Phi) is 6.96. The Morgan fingerprint density at radius 2 is 1.90 bits per heavy atom. The van der Waals surface area contributed by atoms with Crippen LogP contribution in [0.4, 0.5) is 15.3 Å². The summed E-state index contributed by atoms with van der Waals surface area (Å²) in [5.41, 5.74) is 1.42. The molecule has 1 aliphatic heterocycles. The summed E-state index contributed by atoms with van der Waals surface area (Å²) in [5, 5.41) is 5.20. The Labute approximate surface area is 172 Å². The van der Waals surface area contributed by atoms with E-state index < -0.39 is 0 Å². The molecule has 0 aromatic heterocycles. The van der Waals surface area contributed by atoms with Crippen LogP contribution in [0.2, 0.25) is 0 Å². The van der Waals surface area contributed by atoms with Gasteiger partial charge in [-0.25, -0.2) is 4.79 Å². The number of nitrogens with one attached hydrogen (secondary N) is 2. The summed E-state index contributed by atoms with van der Waals surface area (Å²) in [6.45, 7) is 0.881. The highest BCUT2D eigenvalue weighted by Crippen LogP contribution is 2.22. The van der Waals surface area contributed by atoms with Crippen molar-refractivity contribution in [2.75, 3.05) is 31.3 Å². The highest BCUT2D eigenvalue weighted by molar-refractivity contribution is 8.14. The summed E-state index contributed by atoms with van der Waals surface area (Å²) in [6.07, 6.45) is 0. The first kappa shape index (κ1) is 20.5. The fourth-order valence-electron chi connectivity index (χ4n) is 2.61. The van der Waals surface area contributed by atoms with Crippen molar-refractivity contribution in [2.24, 2.45) is 0 Å². The molecule has 3 rings (SSSR count). The van der Waals surface area contributed by atoms with Crippen LogP contribution in [0.15, 0.2) is 48.5 Å². The van der Waals surface area contributed by atoms with Crippen molar-refractivity contribution in [1.29, 1.82) is 0 Å². The number of hydrogen-bond acceptors (Lipinski definition) is 6. The average Bonchev–Trinajstić information content (AvgIpc) is 3.05. The lowest BCUT2D eigenvalue weighted by molar-refractivity contribution is -0.125. The van der Waals surface area contributed by atoms with Crippen molar-refractivity contribution in [3.05, 3.63) is 54.1 Å². The van der Waals surface area contributed by atoms with E-state index in [0.29, 0.717) is 30.3 Å². The molecule has 1 heterocycles. The van der Waals surface area contributed by atoms with E-state index in [1.165, 1.54) is 4.90 Å². The van der Waals surface area contributed by atoms with Crippen LogP contribution in [0.3, 0.4) is 0 Å². The second-order valence-corrected chi connectivity index (χ2v) is 7.07. The predicted molar refractivity (Wildman–Crippen MR) is 110 cm³/mol. The van der Waals surface area contributed by atoms with Crippen molar-refractivity contribution in [3.63, 3.8) is 0 Å². The van der Waals surface area contributed by atoms with E-state index in [9.17, 15) is 14.4 Å². The minimum absolute atomic E-state index is 0.183. The number of ether oxygens (including phenoxy) is 2. The summed E-state index contributed by atoms with van der Waals surface area (Å²) < 4.78 is 10.7. The minimum atomic E-state index is -0.353. The van der Waals surface area contributed by atoms with Gasteiger partial charge in [0.2, 0.25) is 5.91 Å². The molecule has 152 valence electrons. The van der Waals surface area contributed by atoms with Gasteiger partial charge in [-0.2, -0.15) is 0 Å². The number of anilines is 1. The lowest BCUT2D eigenvalue weighted by Gasteiger charge is -2.13. The number of carbonyl (C=O) groups excluding carboxylic acids is 3. The number of imide groups is 1. The molecule has 9 heteroatoms. The van der Waals surface area contributed by atoms with Crippen molar-refractivity contribution >= 4 is 34.6 Å². The summed E-state index contributed by atoms with van der Waals surface area (Å²) in [4.78, 5) is 36.5. The molecule has 0 unspecified atom stereocenters. The first-order valence-electron chi connectivity index (χ1n) is 8.93. The van der Waals surface area contributed by atoms with Gasteiger partial charge in [-0.15, -0.1) is 0 Å². The molecular weight excluding hydrogens is 394 g/mol. The molecule has 2 N–H and O–H groups in total. The normalized spacial score (nSPS) is 13.3. The molecule has 8 nitrogen and oxygen atoms in total. The van der Waals surface area contributed by atoms with Crippen molar-refractivity contribution in [1.82, 2.24) is 10.2 Å². The maximum atomic E-state index is 12.0. The standard InChI is InChI=1S/C20H21N3O5S/c1-27-16-3-2-4-17(11-16)28-10-9-21-19(25)22-15-7-5-14(6-8-15)12-23-18(24)13-29-20(23)26/h2-8,11H,9-10,12-13H2,1H3,(H2,21,22,25).